The first-order chi connectivity index (χ1) is 8.02. The van der Waals surface area contributed by atoms with E-state index < -0.39 is 11.6 Å². The molecule has 0 amide bonds. The van der Waals surface area contributed by atoms with E-state index in [-0.39, 0.29) is 5.92 Å². The first-order valence-corrected chi connectivity index (χ1v) is 5.57. The van der Waals surface area contributed by atoms with Crippen LogP contribution < -0.4 is 5.73 Å². The number of nitrogens with zero attached hydrogens (tertiary/aromatic N) is 1. The van der Waals surface area contributed by atoms with E-state index in [1.165, 1.54) is 0 Å². The molecule has 0 aliphatic rings. The summed E-state index contributed by atoms with van der Waals surface area (Å²) in [5, 5.41) is 0. The molecule has 1 atom stereocenters. The maximum atomic E-state index is 13.1. The molecule has 0 fully saturated rings. The van der Waals surface area contributed by atoms with Crippen molar-refractivity contribution < 1.29 is 8.78 Å². The van der Waals surface area contributed by atoms with Gasteiger partial charge >= 0.3 is 0 Å². The Morgan fingerprint density at radius 2 is 1.94 bits per heavy atom. The molecule has 2 rings (SSSR count). The second kappa shape index (κ2) is 4.41. The first kappa shape index (κ1) is 12.0. The molecule has 3 nitrogen and oxygen atoms in total. The van der Waals surface area contributed by atoms with Gasteiger partial charge in [0.2, 0.25) is 0 Å². The Morgan fingerprint density at radius 1 is 1.29 bits per heavy atom. The molecule has 2 aromatic rings. The third kappa shape index (κ3) is 2.15. The lowest BCUT2D eigenvalue weighted by Crippen LogP contribution is -2.18. The second-order valence-electron chi connectivity index (χ2n) is 4.49. The Balaban J connectivity index is 2.50. The number of hydrogen-bond acceptors (Lipinski definition) is 2. The van der Waals surface area contributed by atoms with Gasteiger partial charge in [0, 0.05) is 24.6 Å². The van der Waals surface area contributed by atoms with Crippen LogP contribution in [0.4, 0.5) is 8.78 Å². The number of nitrogens with one attached hydrogen (secondary N) is 1. The van der Waals surface area contributed by atoms with Gasteiger partial charge in [0.15, 0.2) is 11.6 Å². The molecule has 17 heavy (non-hydrogen) atoms. The molecule has 0 radical (unpaired) electrons. The molecular weight excluding hydrogens is 224 g/mol. The van der Waals surface area contributed by atoms with Crippen molar-refractivity contribution in [3.63, 3.8) is 0 Å². The molecule has 1 unspecified atom stereocenters. The molecule has 0 aliphatic heterocycles. The van der Waals surface area contributed by atoms with Crippen LogP contribution in [-0.2, 0) is 0 Å². The lowest BCUT2D eigenvalue weighted by Gasteiger charge is -2.15. The van der Waals surface area contributed by atoms with Gasteiger partial charge < -0.3 is 10.7 Å². The molecule has 0 spiro atoms. The molecule has 1 aromatic carbocycles. The fourth-order valence-corrected chi connectivity index (χ4v) is 1.90. The number of rotatable bonds is 3. The van der Waals surface area contributed by atoms with Crippen LogP contribution in [0.2, 0.25) is 0 Å². The lowest BCUT2D eigenvalue weighted by atomic mass is 9.95. The number of H-pyrrole nitrogens is 1. The van der Waals surface area contributed by atoms with E-state index in [0.29, 0.717) is 29.3 Å². The molecule has 0 saturated heterocycles. The third-order valence-corrected chi connectivity index (χ3v) is 2.95. The van der Waals surface area contributed by atoms with Crippen molar-refractivity contribution in [2.24, 2.45) is 11.7 Å². The van der Waals surface area contributed by atoms with Gasteiger partial charge in [-0.15, -0.1) is 0 Å². The molecule has 92 valence electrons. The highest BCUT2D eigenvalue weighted by atomic mass is 19.2. The summed E-state index contributed by atoms with van der Waals surface area (Å²) in [6, 6.07) is 2.22. The summed E-state index contributed by atoms with van der Waals surface area (Å²) in [6.45, 7) is 4.51. The summed E-state index contributed by atoms with van der Waals surface area (Å²) in [5.41, 5.74) is 6.61. The van der Waals surface area contributed by atoms with Crippen LogP contribution in [0.15, 0.2) is 12.1 Å². The van der Waals surface area contributed by atoms with E-state index >= 15 is 0 Å². The molecule has 1 heterocycles. The fourth-order valence-electron chi connectivity index (χ4n) is 1.90. The van der Waals surface area contributed by atoms with Crippen LogP contribution in [0.5, 0.6) is 0 Å². The quantitative estimate of drug-likeness (QED) is 0.864. The van der Waals surface area contributed by atoms with E-state index in [9.17, 15) is 8.78 Å². The highest BCUT2D eigenvalue weighted by Crippen LogP contribution is 2.24. The summed E-state index contributed by atoms with van der Waals surface area (Å²) in [7, 11) is 0. The number of nitrogens with two attached hydrogens (primary N) is 1. The molecule has 0 bridgehead atoms. The minimum Gasteiger partial charge on any atom is -0.342 e. The zero-order valence-corrected chi connectivity index (χ0v) is 9.80. The predicted molar refractivity (Wildman–Crippen MR) is 62.6 cm³/mol. The number of aromatic amines is 1. The minimum atomic E-state index is -0.885. The third-order valence-electron chi connectivity index (χ3n) is 2.95. The van der Waals surface area contributed by atoms with Crippen molar-refractivity contribution >= 4 is 11.0 Å². The van der Waals surface area contributed by atoms with Gasteiger partial charge in [-0.2, -0.15) is 0 Å². The Morgan fingerprint density at radius 3 is 2.53 bits per heavy atom. The van der Waals surface area contributed by atoms with Crippen molar-refractivity contribution in [2.45, 2.75) is 19.8 Å². The van der Waals surface area contributed by atoms with Crippen molar-refractivity contribution in [3.05, 3.63) is 29.6 Å². The highest BCUT2D eigenvalue weighted by Gasteiger charge is 2.18. The molecule has 0 saturated carbocycles. The van der Waals surface area contributed by atoms with E-state index in [1.807, 2.05) is 13.8 Å². The van der Waals surface area contributed by atoms with E-state index in [2.05, 4.69) is 9.97 Å². The molecule has 0 aliphatic carbocycles. The first-order valence-electron chi connectivity index (χ1n) is 5.57. The number of halogens is 2. The van der Waals surface area contributed by atoms with Gasteiger partial charge in [0.25, 0.3) is 0 Å². The summed E-state index contributed by atoms with van der Waals surface area (Å²) in [5.74, 6) is -0.697. The van der Waals surface area contributed by atoms with Gasteiger partial charge in [0.05, 0.1) is 11.0 Å². The molecule has 5 heteroatoms. The predicted octanol–water partition coefficient (Wildman–Crippen LogP) is 2.54. The number of benzene rings is 1. The maximum Gasteiger partial charge on any atom is 0.161 e. The molecule has 3 N–H and O–H groups in total. The zero-order chi connectivity index (χ0) is 12.6. The zero-order valence-electron chi connectivity index (χ0n) is 9.80. The van der Waals surface area contributed by atoms with Gasteiger partial charge in [-0.1, -0.05) is 13.8 Å². The maximum absolute atomic E-state index is 13.1. The Bertz CT molecular complexity index is 495. The minimum absolute atomic E-state index is 0.0634. The van der Waals surface area contributed by atoms with Gasteiger partial charge in [0.1, 0.15) is 5.82 Å². The molecular formula is C12H15F2N3. The largest absolute Gasteiger partial charge is 0.342 e. The van der Waals surface area contributed by atoms with Gasteiger partial charge in [-0.25, -0.2) is 13.8 Å². The van der Waals surface area contributed by atoms with Crippen LogP contribution in [0.3, 0.4) is 0 Å². The lowest BCUT2D eigenvalue weighted by molar-refractivity contribution is 0.488. The smallest absolute Gasteiger partial charge is 0.161 e. The number of fused-ring (bicyclic) bond motifs is 1. The van der Waals surface area contributed by atoms with Crippen molar-refractivity contribution in [1.29, 1.82) is 0 Å². The standard InChI is InChI=1S/C12H15F2N3/c1-6(2)7(5-15)12-16-10-3-8(13)9(14)4-11(10)17-12/h3-4,6-7H,5,15H2,1-2H3,(H,16,17). The number of hydrogen-bond donors (Lipinski definition) is 2. The normalized spacial score (nSPS) is 13.5. The highest BCUT2D eigenvalue weighted by molar-refractivity contribution is 5.75. The summed E-state index contributed by atoms with van der Waals surface area (Å²) in [4.78, 5) is 7.26. The van der Waals surface area contributed by atoms with Crippen LogP contribution in [0.25, 0.3) is 11.0 Å². The van der Waals surface area contributed by atoms with Gasteiger partial charge in [-0.05, 0) is 5.92 Å². The van der Waals surface area contributed by atoms with Crippen molar-refractivity contribution in [1.82, 2.24) is 9.97 Å². The van der Waals surface area contributed by atoms with E-state index in [0.717, 1.165) is 12.1 Å². The monoisotopic (exact) mass is 239 g/mol. The number of aromatic nitrogens is 2. The topological polar surface area (TPSA) is 54.7 Å². The fraction of sp³-hybridized carbons (Fsp3) is 0.417. The van der Waals surface area contributed by atoms with Crippen LogP contribution >= 0.6 is 0 Å². The van der Waals surface area contributed by atoms with Crippen LogP contribution in [0.1, 0.15) is 25.6 Å². The SMILES string of the molecule is CC(C)C(CN)c1nc2cc(F)c(F)cc2[nH]1. The Kier molecular flexibility index (Phi) is 3.11. The molecule has 1 aromatic heterocycles. The van der Waals surface area contributed by atoms with Crippen molar-refractivity contribution in [2.75, 3.05) is 6.54 Å². The summed E-state index contributed by atoms with van der Waals surface area (Å²) in [6.07, 6.45) is 0. The second-order valence-corrected chi connectivity index (χ2v) is 4.49. The van der Waals surface area contributed by atoms with E-state index in [4.69, 9.17) is 5.73 Å². The van der Waals surface area contributed by atoms with Crippen molar-refractivity contribution in [3.8, 4) is 0 Å². The summed E-state index contributed by atoms with van der Waals surface area (Å²) >= 11 is 0. The Labute approximate surface area is 98.0 Å². The van der Waals surface area contributed by atoms with Gasteiger partial charge in [-0.3, -0.25) is 0 Å². The number of imidazole rings is 1. The average molecular weight is 239 g/mol. The van der Waals surface area contributed by atoms with Crippen LogP contribution in [-0.4, -0.2) is 16.5 Å². The average Bonchev–Trinajstić information content (AvgIpc) is 2.61. The Hall–Kier alpha value is -1.49. The van der Waals surface area contributed by atoms with E-state index in [1.54, 1.807) is 0 Å². The van der Waals surface area contributed by atoms with Crippen LogP contribution in [0, 0.1) is 17.6 Å². The summed E-state index contributed by atoms with van der Waals surface area (Å²) < 4.78 is 26.1.